The Kier molecular flexibility index (Phi) is 8.27. The van der Waals surface area contributed by atoms with Crippen molar-refractivity contribution in [3.63, 3.8) is 0 Å². The molecule has 37 heavy (non-hydrogen) atoms. The molecule has 0 fully saturated rings. The highest BCUT2D eigenvalue weighted by Gasteiger charge is 2.24. The molecule has 1 heterocycles. The van der Waals surface area contributed by atoms with Crippen LogP contribution < -0.4 is 10.6 Å². The molecule has 0 saturated heterocycles. The van der Waals surface area contributed by atoms with Crippen molar-refractivity contribution in [1.82, 2.24) is 13.8 Å². The second kappa shape index (κ2) is 11.6. The van der Waals surface area contributed by atoms with Crippen LogP contribution in [0, 0.1) is 0 Å². The smallest absolute Gasteiger partial charge is 0.323 e. The molecule has 0 aliphatic heterocycles. The number of aryl methyl sites for hydroxylation is 1. The van der Waals surface area contributed by atoms with Gasteiger partial charge < -0.3 is 20.1 Å². The number of fused-ring (bicyclic) bond motifs is 1. The number of anilines is 2. The van der Waals surface area contributed by atoms with E-state index in [1.807, 2.05) is 79.8 Å². The number of hydrogen-bond acceptors (Lipinski definition) is 4. The van der Waals surface area contributed by atoms with Crippen LogP contribution in [0.5, 0.6) is 0 Å². The predicted octanol–water partition coefficient (Wildman–Crippen LogP) is 5.06. The highest BCUT2D eigenvalue weighted by molar-refractivity contribution is 7.89. The Hall–Kier alpha value is -3.66. The van der Waals surface area contributed by atoms with Crippen LogP contribution in [0.15, 0.2) is 90.0 Å². The first-order valence-electron chi connectivity index (χ1n) is 12.2. The van der Waals surface area contributed by atoms with Crippen molar-refractivity contribution in [2.75, 3.05) is 37.8 Å². The third-order valence-corrected chi connectivity index (χ3v) is 7.98. The van der Waals surface area contributed by atoms with E-state index in [1.165, 1.54) is 16.4 Å². The van der Waals surface area contributed by atoms with Gasteiger partial charge in [0.05, 0.1) is 4.90 Å². The number of carbonyl (C=O) groups is 1. The van der Waals surface area contributed by atoms with Gasteiger partial charge in [-0.05, 0) is 75.1 Å². The zero-order chi connectivity index (χ0) is 26.4. The molecule has 4 rings (SSSR count). The number of urea groups is 1. The minimum Gasteiger partial charge on any atom is -0.348 e. The van der Waals surface area contributed by atoms with Gasteiger partial charge in [0.2, 0.25) is 10.0 Å². The molecule has 0 spiro atoms. The largest absolute Gasteiger partial charge is 0.348 e. The molecule has 0 aliphatic carbocycles. The summed E-state index contributed by atoms with van der Waals surface area (Å²) < 4.78 is 30.5. The molecule has 2 amide bonds. The molecule has 4 aromatic rings. The lowest BCUT2D eigenvalue weighted by Gasteiger charge is -2.24. The molecule has 3 aromatic carbocycles. The first kappa shape index (κ1) is 26.4. The number of nitrogens with zero attached hydrogens (tertiary/aromatic N) is 3. The summed E-state index contributed by atoms with van der Waals surface area (Å²) in [7, 11) is 0.0962. The summed E-state index contributed by atoms with van der Waals surface area (Å²) in [6.45, 7) is 4.20. The molecule has 0 bridgehead atoms. The van der Waals surface area contributed by atoms with Gasteiger partial charge in [0.25, 0.3) is 0 Å². The third kappa shape index (κ3) is 6.56. The standard InChI is InChI=1S/C28H33N5O3S/c1-4-32-17-16-23-20-25(12-15-27(23)32)30-28(34)29-24-10-13-26(14-11-24)37(35,36)33(19-18-31(2)3)21-22-8-6-5-7-9-22/h5-17,20H,4,18-19,21H2,1-3H3,(H2,29,30,34). The molecule has 2 N–H and O–H groups in total. The van der Waals surface area contributed by atoms with Crippen molar-refractivity contribution in [3.8, 4) is 0 Å². The molecular formula is C28H33N5O3S. The minimum absolute atomic E-state index is 0.180. The van der Waals surface area contributed by atoms with Gasteiger partial charge in [-0.25, -0.2) is 13.2 Å². The van der Waals surface area contributed by atoms with Crippen molar-refractivity contribution in [2.45, 2.75) is 24.9 Å². The number of benzene rings is 3. The molecule has 1 aromatic heterocycles. The van der Waals surface area contributed by atoms with E-state index in [2.05, 4.69) is 22.1 Å². The molecule has 0 radical (unpaired) electrons. The van der Waals surface area contributed by atoms with Crippen LogP contribution in [-0.4, -0.2) is 55.4 Å². The number of amides is 2. The maximum absolute atomic E-state index is 13.5. The molecule has 8 nitrogen and oxygen atoms in total. The van der Waals surface area contributed by atoms with E-state index in [0.29, 0.717) is 24.5 Å². The molecular weight excluding hydrogens is 486 g/mol. The molecule has 0 atom stereocenters. The lowest BCUT2D eigenvalue weighted by molar-refractivity contribution is 0.262. The Bertz CT molecular complexity index is 1450. The average Bonchev–Trinajstić information content (AvgIpc) is 3.29. The van der Waals surface area contributed by atoms with Crippen LogP contribution in [0.1, 0.15) is 12.5 Å². The predicted molar refractivity (Wildman–Crippen MR) is 149 cm³/mol. The summed E-state index contributed by atoms with van der Waals surface area (Å²) in [4.78, 5) is 14.7. The van der Waals surface area contributed by atoms with E-state index in [9.17, 15) is 13.2 Å². The lowest BCUT2D eigenvalue weighted by atomic mass is 10.2. The van der Waals surface area contributed by atoms with Crippen molar-refractivity contribution >= 4 is 38.3 Å². The Morgan fingerprint density at radius 3 is 2.22 bits per heavy atom. The van der Waals surface area contributed by atoms with E-state index < -0.39 is 16.1 Å². The summed E-state index contributed by atoms with van der Waals surface area (Å²) in [6, 6.07) is 23.2. The summed E-state index contributed by atoms with van der Waals surface area (Å²) in [5.74, 6) is 0. The number of rotatable bonds is 10. The zero-order valence-corrected chi connectivity index (χ0v) is 22.2. The molecule has 0 aliphatic rings. The number of nitrogens with one attached hydrogen (secondary N) is 2. The fourth-order valence-corrected chi connectivity index (χ4v) is 5.51. The normalized spacial score (nSPS) is 11.8. The topological polar surface area (TPSA) is 86.7 Å². The number of sulfonamides is 1. The van der Waals surface area contributed by atoms with Crippen LogP contribution in [0.2, 0.25) is 0 Å². The summed E-state index contributed by atoms with van der Waals surface area (Å²) in [6.07, 6.45) is 2.02. The van der Waals surface area contributed by atoms with Crippen LogP contribution >= 0.6 is 0 Å². The van der Waals surface area contributed by atoms with Crippen molar-refractivity contribution in [1.29, 1.82) is 0 Å². The zero-order valence-electron chi connectivity index (χ0n) is 21.4. The van der Waals surface area contributed by atoms with Gasteiger partial charge in [0, 0.05) is 54.7 Å². The van der Waals surface area contributed by atoms with Gasteiger partial charge in [0.1, 0.15) is 0 Å². The summed E-state index contributed by atoms with van der Waals surface area (Å²) in [5, 5.41) is 6.65. The van der Waals surface area contributed by atoms with Crippen molar-refractivity contribution in [3.05, 3.63) is 90.6 Å². The minimum atomic E-state index is -3.73. The number of hydrogen-bond donors (Lipinski definition) is 2. The summed E-state index contributed by atoms with van der Waals surface area (Å²) >= 11 is 0. The van der Waals surface area contributed by atoms with Gasteiger partial charge in [-0.1, -0.05) is 30.3 Å². The quantitative estimate of drug-likeness (QED) is 0.307. The fraction of sp³-hybridized carbons (Fsp3) is 0.250. The number of carbonyl (C=O) groups excluding carboxylic acids is 1. The Morgan fingerprint density at radius 2 is 1.54 bits per heavy atom. The molecule has 0 unspecified atom stereocenters. The maximum atomic E-state index is 13.5. The first-order chi connectivity index (χ1) is 17.8. The second-order valence-corrected chi connectivity index (χ2v) is 11.0. The van der Waals surface area contributed by atoms with Gasteiger partial charge in [-0.15, -0.1) is 0 Å². The van der Waals surface area contributed by atoms with Crippen molar-refractivity contribution < 1.29 is 13.2 Å². The van der Waals surface area contributed by atoms with Crippen LogP contribution in [0.4, 0.5) is 16.2 Å². The van der Waals surface area contributed by atoms with Gasteiger partial charge in [-0.2, -0.15) is 4.31 Å². The number of aromatic nitrogens is 1. The highest BCUT2D eigenvalue weighted by Crippen LogP contribution is 2.22. The van der Waals surface area contributed by atoms with E-state index in [0.717, 1.165) is 23.0 Å². The third-order valence-electron chi connectivity index (χ3n) is 6.12. The van der Waals surface area contributed by atoms with Crippen molar-refractivity contribution in [2.24, 2.45) is 0 Å². The lowest BCUT2D eigenvalue weighted by Crippen LogP contribution is -2.36. The van der Waals surface area contributed by atoms with Crippen LogP contribution in [0.25, 0.3) is 10.9 Å². The fourth-order valence-electron chi connectivity index (χ4n) is 4.09. The molecule has 0 saturated carbocycles. The van der Waals surface area contributed by atoms with E-state index in [1.54, 1.807) is 12.1 Å². The Balaban J connectivity index is 1.44. The summed E-state index contributed by atoms with van der Waals surface area (Å²) in [5.41, 5.74) is 3.20. The monoisotopic (exact) mass is 519 g/mol. The average molecular weight is 520 g/mol. The maximum Gasteiger partial charge on any atom is 0.323 e. The second-order valence-electron chi connectivity index (χ2n) is 9.11. The Labute approximate surface area is 218 Å². The SMILES string of the molecule is CCn1ccc2cc(NC(=O)Nc3ccc(S(=O)(=O)N(CCN(C)C)Cc4ccccc4)cc3)ccc21. The molecule has 9 heteroatoms. The van der Waals surface area contributed by atoms with Crippen LogP contribution in [-0.2, 0) is 23.1 Å². The van der Waals surface area contributed by atoms with Gasteiger partial charge >= 0.3 is 6.03 Å². The van der Waals surface area contributed by atoms with Gasteiger partial charge in [-0.3, -0.25) is 0 Å². The molecule has 194 valence electrons. The van der Waals surface area contributed by atoms with Gasteiger partial charge in [0.15, 0.2) is 0 Å². The highest BCUT2D eigenvalue weighted by atomic mass is 32.2. The first-order valence-corrected chi connectivity index (χ1v) is 13.7. The van der Waals surface area contributed by atoms with E-state index in [4.69, 9.17) is 0 Å². The van der Waals surface area contributed by atoms with E-state index >= 15 is 0 Å². The number of likely N-dealkylation sites (N-methyl/N-ethyl adjacent to an activating group) is 1. The van der Waals surface area contributed by atoms with Crippen LogP contribution in [0.3, 0.4) is 0 Å². The van der Waals surface area contributed by atoms with E-state index in [-0.39, 0.29) is 11.4 Å². The Morgan fingerprint density at radius 1 is 0.865 bits per heavy atom.